The highest BCUT2D eigenvalue weighted by molar-refractivity contribution is 7.97. The van der Waals surface area contributed by atoms with E-state index in [9.17, 15) is 4.79 Å². The van der Waals surface area contributed by atoms with Gasteiger partial charge in [0, 0.05) is 18.0 Å². The number of carboxylic acid groups (broad SMARTS) is 1. The van der Waals surface area contributed by atoms with Gasteiger partial charge in [-0.1, -0.05) is 23.2 Å². The average Bonchev–Trinajstić information content (AvgIpc) is 1.99. The molecule has 0 aromatic rings. The summed E-state index contributed by atoms with van der Waals surface area (Å²) in [4.78, 5) is 10.2. The molecule has 1 heterocycles. The summed E-state index contributed by atoms with van der Waals surface area (Å²) in [6.07, 6.45) is 1.42. The molecule has 13 heavy (non-hydrogen) atoms. The molecule has 0 aromatic carbocycles. The van der Waals surface area contributed by atoms with Gasteiger partial charge in [-0.25, -0.2) is 0 Å². The summed E-state index contributed by atoms with van der Waals surface area (Å²) in [5.41, 5.74) is 2.59. The Bertz CT molecular complexity index is 281. The maximum atomic E-state index is 10.2. The molecule has 0 spiro atoms. The van der Waals surface area contributed by atoms with Crippen LogP contribution in [0.2, 0.25) is 0 Å². The van der Waals surface area contributed by atoms with Crippen molar-refractivity contribution < 1.29 is 9.90 Å². The largest absolute Gasteiger partial charge is 0.481 e. The first-order valence-electron chi connectivity index (χ1n) is 3.11. The van der Waals surface area contributed by atoms with Gasteiger partial charge in [0.1, 0.15) is 10.9 Å². The van der Waals surface area contributed by atoms with Crippen molar-refractivity contribution in [1.82, 2.24) is 9.95 Å². The van der Waals surface area contributed by atoms with Gasteiger partial charge >= 0.3 is 5.97 Å². The van der Waals surface area contributed by atoms with Gasteiger partial charge < -0.3 is 5.11 Å². The Morgan fingerprint density at radius 3 is 3.00 bits per heavy atom. The fourth-order valence-corrected chi connectivity index (χ4v) is 1.61. The molecular formula is C5H5Cl2N3O2S. The minimum absolute atomic E-state index is 0.120. The second-order valence-electron chi connectivity index (χ2n) is 1.97. The van der Waals surface area contributed by atoms with E-state index in [0.717, 1.165) is 11.9 Å². The Morgan fingerprint density at radius 2 is 2.46 bits per heavy atom. The molecule has 1 aliphatic rings. The molecule has 0 amide bonds. The van der Waals surface area contributed by atoms with Gasteiger partial charge in [-0.3, -0.25) is 10.2 Å². The summed E-state index contributed by atoms with van der Waals surface area (Å²) in [7, 11) is 0. The van der Waals surface area contributed by atoms with E-state index in [1.54, 1.807) is 0 Å². The first kappa shape index (κ1) is 10.5. The summed E-state index contributed by atoms with van der Waals surface area (Å²) >= 11 is 12.1. The number of hydrogen-bond donors (Lipinski definition) is 2. The van der Waals surface area contributed by atoms with Crippen LogP contribution in [-0.4, -0.2) is 26.5 Å². The van der Waals surface area contributed by atoms with Crippen LogP contribution >= 0.6 is 35.1 Å². The van der Waals surface area contributed by atoms with Crippen LogP contribution in [0.4, 0.5) is 0 Å². The minimum atomic E-state index is -0.941. The molecule has 0 aromatic heterocycles. The Morgan fingerprint density at radius 1 is 1.77 bits per heavy atom. The molecule has 0 fully saturated rings. The van der Waals surface area contributed by atoms with E-state index in [2.05, 4.69) is 10.5 Å². The summed E-state index contributed by atoms with van der Waals surface area (Å²) in [6, 6.07) is 0. The van der Waals surface area contributed by atoms with E-state index in [1.807, 2.05) is 0 Å². The maximum Gasteiger partial charge on any atom is 0.315 e. The number of allylic oxidation sites excluding steroid dienone is 1. The molecule has 0 bridgehead atoms. The van der Waals surface area contributed by atoms with Crippen LogP contribution in [0.3, 0.4) is 0 Å². The standard InChI is InChI=1S/C5H5Cl2N3O2S/c6-3-1-4(7)9-10(8-3)13-2-5(11)12/h1,8H,2H2,(H,11,12). The third kappa shape index (κ3) is 3.75. The van der Waals surface area contributed by atoms with E-state index in [-0.39, 0.29) is 16.1 Å². The SMILES string of the molecule is O=C(O)CSN1N=C(Cl)C=C(Cl)N1. The molecule has 0 aliphatic carbocycles. The number of nitrogens with zero attached hydrogens (tertiary/aromatic N) is 2. The summed E-state index contributed by atoms with van der Waals surface area (Å²) in [6.45, 7) is 0. The van der Waals surface area contributed by atoms with E-state index in [0.29, 0.717) is 0 Å². The van der Waals surface area contributed by atoms with Gasteiger partial charge in [0.15, 0.2) is 5.17 Å². The van der Waals surface area contributed by atoms with Crippen molar-refractivity contribution in [1.29, 1.82) is 0 Å². The zero-order valence-corrected chi connectivity index (χ0v) is 8.53. The van der Waals surface area contributed by atoms with Gasteiger partial charge in [-0.15, -0.1) is 9.62 Å². The smallest absolute Gasteiger partial charge is 0.315 e. The van der Waals surface area contributed by atoms with Crippen LogP contribution in [0.1, 0.15) is 0 Å². The molecule has 1 aliphatic heterocycles. The maximum absolute atomic E-state index is 10.2. The van der Waals surface area contributed by atoms with E-state index >= 15 is 0 Å². The van der Waals surface area contributed by atoms with Crippen molar-refractivity contribution in [3.63, 3.8) is 0 Å². The average molecular weight is 242 g/mol. The summed E-state index contributed by atoms with van der Waals surface area (Å²) < 4.78 is 1.19. The molecule has 1 rings (SSSR count). The van der Waals surface area contributed by atoms with Crippen molar-refractivity contribution in [2.75, 3.05) is 5.75 Å². The molecule has 0 radical (unpaired) electrons. The number of rotatable bonds is 3. The number of hydrazone groups is 1. The molecule has 72 valence electrons. The van der Waals surface area contributed by atoms with Crippen molar-refractivity contribution in [2.24, 2.45) is 5.10 Å². The Kier molecular flexibility index (Phi) is 3.71. The molecule has 0 saturated heterocycles. The number of carboxylic acids is 1. The second-order valence-corrected chi connectivity index (χ2v) is 3.65. The predicted molar refractivity (Wildman–Crippen MR) is 52.3 cm³/mol. The Labute approximate surface area is 88.5 Å². The molecule has 5 nitrogen and oxygen atoms in total. The monoisotopic (exact) mass is 241 g/mol. The Hall–Kier alpha value is -0.590. The predicted octanol–water partition coefficient (Wildman–Crippen LogP) is 1.17. The topological polar surface area (TPSA) is 64.9 Å². The normalized spacial score (nSPS) is 16.0. The lowest BCUT2D eigenvalue weighted by atomic mass is 10.6. The Balaban J connectivity index is 2.46. The number of carbonyl (C=O) groups is 1. The summed E-state index contributed by atoms with van der Waals surface area (Å²) in [5.74, 6) is -1.06. The quantitative estimate of drug-likeness (QED) is 0.574. The number of hydrazine groups is 1. The van der Waals surface area contributed by atoms with Crippen LogP contribution in [0.25, 0.3) is 0 Å². The van der Waals surface area contributed by atoms with Crippen LogP contribution in [0, 0.1) is 0 Å². The third-order valence-electron chi connectivity index (χ3n) is 0.945. The minimum Gasteiger partial charge on any atom is -0.481 e. The number of halogens is 2. The number of aliphatic carboxylic acids is 1. The van der Waals surface area contributed by atoms with Crippen molar-refractivity contribution in [3.8, 4) is 0 Å². The molecule has 0 saturated carbocycles. The lowest BCUT2D eigenvalue weighted by Gasteiger charge is -2.20. The van der Waals surface area contributed by atoms with Crippen molar-refractivity contribution >= 4 is 46.3 Å². The molecular weight excluding hydrogens is 237 g/mol. The highest BCUT2D eigenvalue weighted by Crippen LogP contribution is 2.15. The highest BCUT2D eigenvalue weighted by Gasteiger charge is 2.11. The molecule has 0 atom stereocenters. The van der Waals surface area contributed by atoms with Gasteiger partial charge in [0.25, 0.3) is 0 Å². The first-order valence-corrected chi connectivity index (χ1v) is 4.80. The number of nitrogens with one attached hydrogen (secondary N) is 1. The highest BCUT2D eigenvalue weighted by atomic mass is 35.5. The van der Waals surface area contributed by atoms with Gasteiger partial charge in [-0.05, 0) is 0 Å². The lowest BCUT2D eigenvalue weighted by Crippen LogP contribution is -2.30. The lowest BCUT2D eigenvalue weighted by molar-refractivity contribution is -0.133. The fraction of sp³-hybridized carbons (Fsp3) is 0.200. The molecule has 0 unspecified atom stereocenters. The fourth-order valence-electron chi connectivity index (χ4n) is 0.546. The van der Waals surface area contributed by atoms with Gasteiger partial charge in [0.05, 0.1) is 0 Å². The van der Waals surface area contributed by atoms with E-state index in [4.69, 9.17) is 28.3 Å². The molecule has 8 heteroatoms. The second kappa shape index (κ2) is 4.59. The van der Waals surface area contributed by atoms with Crippen LogP contribution in [0.15, 0.2) is 16.3 Å². The van der Waals surface area contributed by atoms with Gasteiger partial charge in [0.2, 0.25) is 0 Å². The van der Waals surface area contributed by atoms with Crippen molar-refractivity contribution in [2.45, 2.75) is 0 Å². The van der Waals surface area contributed by atoms with Crippen molar-refractivity contribution in [3.05, 3.63) is 11.2 Å². The van der Waals surface area contributed by atoms with Crippen LogP contribution in [-0.2, 0) is 4.79 Å². The van der Waals surface area contributed by atoms with Gasteiger partial charge in [-0.2, -0.15) is 0 Å². The third-order valence-corrected chi connectivity index (χ3v) is 2.12. The zero-order valence-electron chi connectivity index (χ0n) is 6.20. The summed E-state index contributed by atoms with van der Waals surface area (Å²) in [5, 5.41) is 12.6. The first-order chi connectivity index (χ1) is 6.08. The number of hydrogen-bond acceptors (Lipinski definition) is 5. The molecule has 2 N–H and O–H groups in total. The van der Waals surface area contributed by atoms with Crippen LogP contribution < -0.4 is 5.43 Å². The van der Waals surface area contributed by atoms with Crippen LogP contribution in [0.5, 0.6) is 0 Å². The van der Waals surface area contributed by atoms with E-state index < -0.39 is 5.97 Å². The zero-order chi connectivity index (χ0) is 9.84. The van der Waals surface area contributed by atoms with E-state index in [1.165, 1.54) is 10.6 Å².